The van der Waals surface area contributed by atoms with E-state index in [2.05, 4.69) is 10.6 Å². The summed E-state index contributed by atoms with van der Waals surface area (Å²) in [5.41, 5.74) is 2.29. The fourth-order valence-electron chi connectivity index (χ4n) is 2.41. The molecule has 0 unspecified atom stereocenters. The van der Waals surface area contributed by atoms with Crippen LogP contribution in [-0.2, 0) is 9.59 Å². The van der Waals surface area contributed by atoms with Crippen molar-refractivity contribution in [2.45, 2.75) is 6.92 Å². The van der Waals surface area contributed by atoms with Crippen LogP contribution in [0.1, 0.15) is 11.1 Å². The van der Waals surface area contributed by atoms with Crippen molar-refractivity contribution < 1.29 is 19.1 Å². The standard InChI is InChI=1S/C21H21N3O4/c1-14-5-4-6-17(9-14)24-20(25)13-28-18-8-7-15(11-19(18)27-3)10-16(12-22)21(26)23-2/h4-11H,13H2,1-3H3,(H,23,26)(H,24,25)/b16-10+. The minimum atomic E-state index is -0.477. The third-order valence-corrected chi connectivity index (χ3v) is 3.75. The number of nitrogens with one attached hydrogen (secondary N) is 2. The molecule has 0 aliphatic rings. The molecular formula is C21H21N3O4. The highest BCUT2D eigenvalue weighted by Gasteiger charge is 2.11. The quantitative estimate of drug-likeness (QED) is 0.569. The highest BCUT2D eigenvalue weighted by molar-refractivity contribution is 6.01. The lowest BCUT2D eigenvalue weighted by Gasteiger charge is -2.12. The largest absolute Gasteiger partial charge is 0.493 e. The van der Waals surface area contributed by atoms with Gasteiger partial charge in [0.25, 0.3) is 11.8 Å². The third-order valence-electron chi connectivity index (χ3n) is 3.75. The summed E-state index contributed by atoms with van der Waals surface area (Å²) in [6.07, 6.45) is 1.44. The molecule has 2 aromatic rings. The second kappa shape index (κ2) is 9.78. The molecule has 0 aliphatic carbocycles. The van der Waals surface area contributed by atoms with E-state index in [1.165, 1.54) is 20.2 Å². The van der Waals surface area contributed by atoms with Crippen LogP contribution in [-0.4, -0.2) is 32.6 Å². The van der Waals surface area contributed by atoms with E-state index < -0.39 is 5.91 Å². The van der Waals surface area contributed by atoms with Gasteiger partial charge in [0.2, 0.25) is 0 Å². The molecule has 0 saturated carbocycles. The SMILES string of the molecule is CNC(=O)/C(C#N)=C/c1ccc(OCC(=O)Nc2cccc(C)c2)c(OC)c1. The number of ether oxygens (including phenoxy) is 2. The Morgan fingerprint density at radius 2 is 1.96 bits per heavy atom. The minimum absolute atomic E-state index is 0.0317. The molecule has 2 aromatic carbocycles. The summed E-state index contributed by atoms with van der Waals surface area (Å²) >= 11 is 0. The van der Waals surface area contributed by atoms with Gasteiger partial charge >= 0.3 is 0 Å². The molecule has 0 bridgehead atoms. The molecule has 0 spiro atoms. The van der Waals surface area contributed by atoms with Gasteiger partial charge in [-0.15, -0.1) is 0 Å². The van der Waals surface area contributed by atoms with E-state index in [0.29, 0.717) is 22.7 Å². The van der Waals surface area contributed by atoms with Crippen LogP contribution in [0.5, 0.6) is 11.5 Å². The highest BCUT2D eigenvalue weighted by Crippen LogP contribution is 2.29. The Hall–Kier alpha value is -3.79. The molecule has 7 heteroatoms. The molecular weight excluding hydrogens is 358 g/mol. The zero-order valence-corrected chi connectivity index (χ0v) is 15.9. The Bertz CT molecular complexity index is 945. The Balaban J connectivity index is 2.08. The average molecular weight is 379 g/mol. The molecule has 0 radical (unpaired) electrons. The Labute approximate surface area is 163 Å². The van der Waals surface area contributed by atoms with Crippen LogP contribution in [0.4, 0.5) is 5.69 Å². The number of aryl methyl sites for hydroxylation is 1. The van der Waals surface area contributed by atoms with Gasteiger partial charge in [0, 0.05) is 12.7 Å². The number of benzene rings is 2. The fraction of sp³-hybridized carbons (Fsp3) is 0.190. The van der Waals surface area contributed by atoms with E-state index in [4.69, 9.17) is 14.7 Å². The number of hydrogen-bond acceptors (Lipinski definition) is 5. The summed E-state index contributed by atoms with van der Waals surface area (Å²) in [6.45, 7) is 1.75. The van der Waals surface area contributed by atoms with Crippen LogP contribution in [0, 0.1) is 18.3 Å². The lowest BCUT2D eigenvalue weighted by Crippen LogP contribution is -2.20. The second-order valence-corrected chi connectivity index (χ2v) is 5.87. The smallest absolute Gasteiger partial charge is 0.262 e. The predicted octanol–water partition coefficient (Wildman–Crippen LogP) is 2.67. The van der Waals surface area contributed by atoms with Crippen molar-refractivity contribution in [2.75, 3.05) is 26.1 Å². The van der Waals surface area contributed by atoms with Crippen molar-refractivity contribution in [3.63, 3.8) is 0 Å². The maximum atomic E-state index is 12.1. The van der Waals surface area contributed by atoms with Crippen LogP contribution in [0.3, 0.4) is 0 Å². The number of nitrogens with zero attached hydrogens (tertiary/aromatic N) is 1. The molecule has 2 N–H and O–H groups in total. The number of likely N-dealkylation sites (N-methyl/N-ethyl adjacent to an activating group) is 1. The van der Waals surface area contributed by atoms with Gasteiger partial charge in [-0.3, -0.25) is 9.59 Å². The first-order valence-electron chi connectivity index (χ1n) is 8.48. The Morgan fingerprint density at radius 1 is 1.18 bits per heavy atom. The lowest BCUT2D eigenvalue weighted by atomic mass is 10.1. The van der Waals surface area contributed by atoms with E-state index in [0.717, 1.165) is 5.56 Å². The number of anilines is 1. The van der Waals surface area contributed by atoms with Crippen LogP contribution in [0.15, 0.2) is 48.0 Å². The number of nitriles is 1. The lowest BCUT2D eigenvalue weighted by molar-refractivity contribution is -0.118. The third kappa shape index (κ3) is 5.61. The molecule has 0 aromatic heterocycles. The van der Waals surface area contributed by atoms with Gasteiger partial charge in [0.15, 0.2) is 18.1 Å². The van der Waals surface area contributed by atoms with Gasteiger partial charge in [-0.2, -0.15) is 5.26 Å². The highest BCUT2D eigenvalue weighted by atomic mass is 16.5. The normalized spacial score (nSPS) is 10.6. The zero-order chi connectivity index (χ0) is 20.5. The van der Waals surface area contributed by atoms with E-state index in [1.807, 2.05) is 31.2 Å². The summed E-state index contributed by atoms with van der Waals surface area (Å²) in [6, 6.07) is 14.2. The average Bonchev–Trinajstić information content (AvgIpc) is 2.70. The van der Waals surface area contributed by atoms with Gasteiger partial charge < -0.3 is 20.1 Å². The number of methoxy groups -OCH3 is 1. The number of amides is 2. The van der Waals surface area contributed by atoms with E-state index in [-0.39, 0.29) is 18.1 Å². The van der Waals surface area contributed by atoms with Crippen molar-refractivity contribution in [2.24, 2.45) is 0 Å². The second-order valence-electron chi connectivity index (χ2n) is 5.87. The summed E-state index contributed by atoms with van der Waals surface area (Å²) in [5.74, 6) is -0.0265. The molecule has 144 valence electrons. The van der Waals surface area contributed by atoms with Crippen molar-refractivity contribution in [1.82, 2.24) is 5.32 Å². The first kappa shape index (κ1) is 20.5. The maximum Gasteiger partial charge on any atom is 0.262 e. The predicted molar refractivity (Wildman–Crippen MR) is 106 cm³/mol. The molecule has 2 rings (SSSR count). The van der Waals surface area contributed by atoms with E-state index in [9.17, 15) is 9.59 Å². The minimum Gasteiger partial charge on any atom is -0.493 e. The van der Waals surface area contributed by atoms with Gasteiger partial charge in [-0.25, -0.2) is 0 Å². The number of rotatable bonds is 7. The van der Waals surface area contributed by atoms with Crippen molar-refractivity contribution in [3.05, 3.63) is 59.2 Å². The topological polar surface area (TPSA) is 100 Å². The van der Waals surface area contributed by atoms with Gasteiger partial charge in [0.05, 0.1) is 7.11 Å². The first-order chi connectivity index (χ1) is 13.5. The summed E-state index contributed by atoms with van der Waals surface area (Å²) in [7, 11) is 2.92. The van der Waals surface area contributed by atoms with Gasteiger partial charge in [0.1, 0.15) is 11.6 Å². The number of carbonyl (C=O) groups excluding carboxylic acids is 2. The first-order valence-corrected chi connectivity index (χ1v) is 8.48. The maximum absolute atomic E-state index is 12.1. The Morgan fingerprint density at radius 3 is 2.61 bits per heavy atom. The molecule has 0 aliphatic heterocycles. The van der Waals surface area contributed by atoms with Crippen molar-refractivity contribution in [3.8, 4) is 17.6 Å². The summed E-state index contributed by atoms with van der Waals surface area (Å²) < 4.78 is 10.8. The van der Waals surface area contributed by atoms with Crippen molar-refractivity contribution >= 4 is 23.6 Å². The van der Waals surface area contributed by atoms with Crippen LogP contribution < -0.4 is 20.1 Å². The van der Waals surface area contributed by atoms with Crippen molar-refractivity contribution in [1.29, 1.82) is 5.26 Å². The summed E-state index contributed by atoms with van der Waals surface area (Å²) in [5, 5.41) is 14.2. The molecule has 7 nitrogen and oxygen atoms in total. The Kier molecular flexibility index (Phi) is 7.17. The van der Waals surface area contributed by atoms with Gasteiger partial charge in [-0.05, 0) is 48.4 Å². The van der Waals surface area contributed by atoms with Crippen LogP contribution in [0.25, 0.3) is 6.08 Å². The van der Waals surface area contributed by atoms with Gasteiger partial charge in [-0.1, -0.05) is 18.2 Å². The molecule has 2 amide bonds. The molecule has 0 heterocycles. The number of hydrogen-bond donors (Lipinski definition) is 2. The van der Waals surface area contributed by atoms with Crippen LogP contribution in [0.2, 0.25) is 0 Å². The number of carbonyl (C=O) groups is 2. The monoisotopic (exact) mass is 379 g/mol. The van der Waals surface area contributed by atoms with E-state index in [1.54, 1.807) is 24.3 Å². The van der Waals surface area contributed by atoms with Crippen LogP contribution >= 0.6 is 0 Å². The molecule has 0 fully saturated rings. The fourth-order valence-corrected chi connectivity index (χ4v) is 2.41. The zero-order valence-electron chi connectivity index (χ0n) is 15.9. The summed E-state index contributed by atoms with van der Waals surface area (Å²) in [4.78, 5) is 23.7. The molecule has 0 saturated heterocycles. The molecule has 0 atom stereocenters. The van der Waals surface area contributed by atoms with E-state index >= 15 is 0 Å². The molecule has 28 heavy (non-hydrogen) atoms.